The van der Waals surface area contributed by atoms with Crippen LogP contribution in [0.15, 0.2) is 46.9 Å². The van der Waals surface area contributed by atoms with E-state index in [9.17, 15) is 4.79 Å². The fraction of sp³-hybridized carbons (Fsp3) is 0.0714. The van der Waals surface area contributed by atoms with E-state index in [1.165, 1.54) is 6.92 Å². The number of furan rings is 1. The number of hydrogen-bond acceptors (Lipinski definition) is 2. The van der Waals surface area contributed by atoms with Gasteiger partial charge in [-0.1, -0.05) is 18.2 Å². The molecule has 0 aliphatic rings. The standard InChI is InChI=1S/C14H11NO2/c1-9(16)15-10-6-7-12-11-4-2-3-5-13(11)17-14(12)8-10/h2-8H,1H3,(H,15,16). The van der Waals surface area contributed by atoms with Crippen molar-refractivity contribution in [1.82, 2.24) is 0 Å². The van der Waals surface area contributed by atoms with Crippen molar-refractivity contribution in [3.8, 4) is 0 Å². The van der Waals surface area contributed by atoms with Crippen LogP contribution in [0.25, 0.3) is 21.9 Å². The van der Waals surface area contributed by atoms with Crippen molar-refractivity contribution in [3.05, 3.63) is 42.5 Å². The maximum Gasteiger partial charge on any atom is 0.221 e. The second-order valence-corrected chi connectivity index (χ2v) is 3.99. The number of benzene rings is 2. The van der Waals surface area contributed by atoms with Gasteiger partial charge in [-0.25, -0.2) is 0 Å². The predicted octanol–water partition coefficient (Wildman–Crippen LogP) is 3.54. The van der Waals surface area contributed by atoms with Crippen LogP contribution in [0.4, 0.5) is 5.69 Å². The molecule has 0 aliphatic carbocycles. The maximum atomic E-state index is 11.0. The Morgan fingerprint density at radius 1 is 1.06 bits per heavy atom. The van der Waals surface area contributed by atoms with E-state index in [0.29, 0.717) is 0 Å². The molecule has 0 radical (unpaired) electrons. The van der Waals surface area contributed by atoms with Crippen LogP contribution in [0.2, 0.25) is 0 Å². The summed E-state index contributed by atoms with van der Waals surface area (Å²) < 4.78 is 5.72. The van der Waals surface area contributed by atoms with Crippen molar-refractivity contribution < 1.29 is 9.21 Å². The van der Waals surface area contributed by atoms with E-state index in [-0.39, 0.29) is 5.91 Å². The summed E-state index contributed by atoms with van der Waals surface area (Å²) in [5.74, 6) is -0.0829. The molecule has 3 nitrogen and oxygen atoms in total. The highest BCUT2D eigenvalue weighted by atomic mass is 16.3. The summed E-state index contributed by atoms with van der Waals surface area (Å²) in [4.78, 5) is 11.0. The van der Waals surface area contributed by atoms with E-state index in [0.717, 1.165) is 27.6 Å². The van der Waals surface area contributed by atoms with Crippen LogP contribution in [-0.4, -0.2) is 5.91 Å². The minimum atomic E-state index is -0.0829. The summed E-state index contributed by atoms with van der Waals surface area (Å²) in [7, 11) is 0. The Morgan fingerprint density at radius 3 is 2.65 bits per heavy atom. The molecular weight excluding hydrogens is 214 g/mol. The Morgan fingerprint density at radius 2 is 1.82 bits per heavy atom. The number of hydrogen-bond donors (Lipinski definition) is 1. The average molecular weight is 225 g/mol. The molecule has 1 N–H and O–H groups in total. The molecule has 0 aliphatic heterocycles. The Labute approximate surface area is 98.0 Å². The highest BCUT2D eigenvalue weighted by Crippen LogP contribution is 2.30. The van der Waals surface area contributed by atoms with Crippen molar-refractivity contribution in [1.29, 1.82) is 0 Å². The number of para-hydroxylation sites is 1. The highest BCUT2D eigenvalue weighted by Gasteiger charge is 2.06. The molecule has 0 unspecified atom stereocenters. The molecule has 17 heavy (non-hydrogen) atoms. The summed E-state index contributed by atoms with van der Waals surface area (Å²) in [5.41, 5.74) is 2.41. The summed E-state index contributed by atoms with van der Waals surface area (Å²) in [6, 6.07) is 13.6. The third kappa shape index (κ3) is 1.65. The van der Waals surface area contributed by atoms with Crippen molar-refractivity contribution in [2.75, 3.05) is 5.32 Å². The molecule has 0 fully saturated rings. The van der Waals surface area contributed by atoms with Crippen LogP contribution >= 0.6 is 0 Å². The van der Waals surface area contributed by atoms with E-state index in [1.54, 1.807) is 0 Å². The third-order valence-corrected chi connectivity index (χ3v) is 2.70. The first kappa shape index (κ1) is 9.90. The van der Waals surface area contributed by atoms with Gasteiger partial charge in [-0.15, -0.1) is 0 Å². The van der Waals surface area contributed by atoms with Gasteiger partial charge < -0.3 is 9.73 Å². The Hall–Kier alpha value is -2.29. The Kier molecular flexibility index (Phi) is 2.11. The molecule has 3 heteroatoms. The van der Waals surface area contributed by atoms with E-state index in [4.69, 9.17) is 4.42 Å². The molecule has 0 spiro atoms. The molecule has 0 atom stereocenters. The second kappa shape index (κ2) is 3.63. The van der Waals surface area contributed by atoms with Crippen molar-refractivity contribution in [2.45, 2.75) is 6.92 Å². The van der Waals surface area contributed by atoms with Gasteiger partial charge in [0, 0.05) is 29.4 Å². The lowest BCUT2D eigenvalue weighted by atomic mass is 10.1. The molecule has 2 aromatic carbocycles. The third-order valence-electron chi connectivity index (χ3n) is 2.70. The molecule has 0 saturated carbocycles. The minimum Gasteiger partial charge on any atom is -0.456 e. The van der Waals surface area contributed by atoms with Crippen molar-refractivity contribution >= 4 is 33.5 Å². The summed E-state index contributed by atoms with van der Waals surface area (Å²) in [6.07, 6.45) is 0. The SMILES string of the molecule is CC(=O)Nc1ccc2c(c1)oc1ccccc12. The number of fused-ring (bicyclic) bond motifs is 3. The average Bonchev–Trinajstić information content (AvgIpc) is 2.65. The van der Waals surface area contributed by atoms with E-state index < -0.39 is 0 Å². The van der Waals surface area contributed by atoms with Crippen LogP contribution in [0, 0.1) is 0 Å². The molecule has 3 rings (SSSR count). The maximum absolute atomic E-state index is 11.0. The smallest absolute Gasteiger partial charge is 0.221 e. The van der Waals surface area contributed by atoms with Gasteiger partial charge in [-0.3, -0.25) is 4.79 Å². The topological polar surface area (TPSA) is 42.2 Å². The molecule has 1 aromatic heterocycles. The zero-order valence-electron chi connectivity index (χ0n) is 9.36. The fourth-order valence-electron chi connectivity index (χ4n) is 2.01. The number of rotatable bonds is 1. The number of anilines is 1. The number of amides is 1. The monoisotopic (exact) mass is 225 g/mol. The first-order valence-corrected chi connectivity index (χ1v) is 5.43. The Bertz CT molecular complexity index is 712. The van der Waals surface area contributed by atoms with Crippen LogP contribution in [0.1, 0.15) is 6.92 Å². The quantitative estimate of drug-likeness (QED) is 0.688. The summed E-state index contributed by atoms with van der Waals surface area (Å²) in [6.45, 7) is 1.49. The zero-order chi connectivity index (χ0) is 11.8. The zero-order valence-corrected chi connectivity index (χ0v) is 9.36. The lowest BCUT2D eigenvalue weighted by Gasteiger charge is -2.00. The normalized spacial score (nSPS) is 10.9. The molecular formula is C14H11NO2. The molecule has 0 saturated heterocycles. The molecule has 1 heterocycles. The first-order chi connectivity index (χ1) is 8.24. The van der Waals surface area contributed by atoms with Crippen LogP contribution in [0.3, 0.4) is 0 Å². The van der Waals surface area contributed by atoms with Gasteiger partial charge in [-0.2, -0.15) is 0 Å². The van der Waals surface area contributed by atoms with Gasteiger partial charge >= 0.3 is 0 Å². The van der Waals surface area contributed by atoms with E-state index in [2.05, 4.69) is 5.32 Å². The van der Waals surface area contributed by atoms with Gasteiger partial charge in [0.05, 0.1) is 0 Å². The molecule has 1 amide bonds. The van der Waals surface area contributed by atoms with Crippen LogP contribution in [0.5, 0.6) is 0 Å². The second-order valence-electron chi connectivity index (χ2n) is 3.99. The van der Waals surface area contributed by atoms with E-state index >= 15 is 0 Å². The predicted molar refractivity (Wildman–Crippen MR) is 68.0 cm³/mol. The highest BCUT2D eigenvalue weighted by molar-refractivity contribution is 6.06. The minimum absolute atomic E-state index is 0.0829. The Balaban J connectivity index is 2.23. The fourth-order valence-corrected chi connectivity index (χ4v) is 2.01. The van der Waals surface area contributed by atoms with Gasteiger partial charge in [0.15, 0.2) is 0 Å². The lowest BCUT2D eigenvalue weighted by molar-refractivity contribution is -0.114. The summed E-state index contributed by atoms with van der Waals surface area (Å²) >= 11 is 0. The number of carbonyl (C=O) groups excluding carboxylic acids is 1. The van der Waals surface area contributed by atoms with E-state index in [1.807, 2.05) is 42.5 Å². The van der Waals surface area contributed by atoms with Crippen LogP contribution < -0.4 is 5.32 Å². The molecule has 0 bridgehead atoms. The van der Waals surface area contributed by atoms with Gasteiger partial charge in [0.1, 0.15) is 11.2 Å². The largest absolute Gasteiger partial charge is 0.456 e. The molecule has 84 valence electrons. The number of carbonyl (C=O) groups is 1. The summed E-state index contributed by atoms with van der Waals surface area (Å²) in [5, 5.41) is 4.90. The first-order valence-electron chi connectivity index (χ1n) is 5.43. The van der Waals surface area contributed by atoms with Crippen molar-refractivity contribution in [2.24, 2.45) is 0 Å². The molecule has 3 aromatic rings. The van der Waals surface area contributed by atoms with Gasteiger partial charge in [0.2, 0.25) is 5.91 Å². The van der Waals surface area contributed by atoms with Gasteiger partial charge in [0.25, 0.3) is 0 Å². The van der Waals surface area contributed by atoms with Crippen molar-refractivity contribution in [3.63, 3.8) is 0 Å². The van der Waals surface area contributed by atoms with Gasteiger partial charge in [-0.05, 0) is 18.2 Å². The number of nitrogens with one attached hydrogen (secondary N) is 1. The lowest BCUT2D eigenvalue weighted by Crippen LogP contribution is -2.05. The van der Waals surface area contributed by atoms with Crippen LogP contribution in [-0.2, 0) is 4.79 Å².